The minimum Gasteiger partial charge on any atom is -0.324 e. The summed E-state index contributed by atoms with van der Waals surface area (Å²) >= 11 is 0. The molecular formula is C14H16N2. The van der Waals surface area contributed by atoms with Gasteiger partial charge in [-0.3, -0.25) is 4.98 Å². The van der Waals surface area contributed by atoms with Gasteiger partial charge in [-0.15, -0.1) is 0 Å². The molecule has 1 aliphatic carbocycles. The van der Waals surface area contributed by atoms with Crippen molar-refractivity contribution in [2.75, 3.05) is 0 Å². The molecule has 0 bridgehead atoms. The third-order valence-corrected chi connectivity index (χ3v) is 3.65. The molecule has 1 fully saturated rings. The Morgan fingerprint density at radius 1 is 1.38 bits per heavy atom. The van der Waals surface area contributed by atoms with Crippen LogP contribution in [0.5, 0.6) is 0 Å². The van der Waals surface area contributed by atoms with Gasteiger partial charge in [0.25, 0.3) is 0 Å². The lowest BCUT2D eigenvalue weighted by atomic mass is 10.0. The Kier molecular flexibility index (Phi) is 2.18. The van der Waals surface area contributed by atoms with Crippen molar-refractivity contribution in [3.05, 3.63) is 42.1 Å². The highest BCUT2D eigenvalue weighted by Crippen LogP contribution is 2.45. The number of rotatable bonds is 2. The molecule has 3 atom stereocenters. The number of benzene rings is 1. The Labute approximate surface area is 95.5 Å². The van der Waals surface area contributed by atoms with Gasteiger partial charge >= 0.3 is 0 Å². The molecule has 16 heavy (non-hydrogen) atoms. The maximum absolute atomic E-state index is 6.25. The van der Waals surface area contributed by atoms with Crippen molar-refractivity contribution < 1.29 is 0 Å². The highest BCUT2D eigenvalue weighted by molar-refractivity contribution is 5.79. The number of pyridine rings is 1. The van der Waals surface area contributed by atoms with Crippen molar-refractivity contribution in [1.29, 1.82) is 0 Å². The van der Waals surface area contributed by atoms with Crippen LogP contribution in [0.15, 0.2) is 36.5 Å². The molecule has 1 heterocycles. The second kappa shape index (κ2) is 3.56. The molecule has 3 unspecified atom stereocenters. The molecule has 0 amide bonds. The van der Waals surface area contributed by atoms with Gasteiger partial charge < -0.3 is 5.73 Å². The minimum absolute atomic E-state index is 0.182. The van der Waals surface area contributed by atoms with Gasteiger partial charge in [0.1, 0.15) is 0 Å². The molecule has 0 spiro atoms. The molecule has 0 radical (unpaired) electrons. The fourth-order valence-electron chi connectivity index (χ4n) is 2.39. The van der Waals surface area contributed by atoms with E-state index < -0.39 is 0 Å². The Morgan fingerprint density at radius 2 is 2.19 bits per heavy atom. The Bertz CT molecular complexity index is 521. The SMILES string of the molecule is CC1CC1C(N)c1ccc2cccnc2c1. The van der Waals surface area contributed by atoms with Crippen molar-refractivity contribution in [3.63, 3.8) is 0 Å². The van der Waals surface area contributed by atoms with Gasteiger partial charge in [-0.05, 0) is 36.0 Å². The molecule has 0 aliphatic heterocycles. The summed E-state index contributed by atoms with van der Waals surface area (Å²) in [5, 5.41) is 1.18. The van der Waals surface area contributed by atoms with Gasteiger partial charge in [-0.2, -0.15) is 0 Å². The van der Waals surface area contributed by atoms with Crippen molar-refractivity contribution in [1.82, 2.24) is 4.98 Å². The van der Waals surface area contributed by atoms with Gasteiger partial charge in [0, 0.05) is 17.6 Å². The second-order valence-corrected chi connectivity index (χ2v) is 4.86. The third kappa shape index (κ3) is 1.59. The van der Waals surface area contributed by atoms with Gasteiger partial charge in [0.15, 0.2) is 0 Å². The number of hydrogen-bond acceptors (Lipinski definition) is 2. The van der Waals surface area contributed by atoms with Crippen molar-refractivity contribution >= 4 is 10.9 Å². The fraction of sp³-hybridized carbons (Fsp3) is 0.357. The molecule has 1 aliphatic rings. The van der Waals surface area contributed by atoms with Crippen LogP contribution in [0.25, 0.3) is 10.9 Å². The van der Waals surface area contributed by atoms with Gasteiger partial charge in [-0.1, -0.05) is 25.1 Å². The molecule has 1 saturated carbocycles. The van der Waals surface area contributed by atoms with Gasteiger partial charge in [0.2, 0.25) is 0 Å². The van der Waals surface area contributed by atoms with E-state index in [4.69, 9.17) is 5.73 Å². The summed E-state index contributed by atoms with van der Waals surface area (Å²) in [6.07, 6.45) is 3.10. The van der Waals surface area contributed by atoms with Crippen LogP contribution in [-0.4, -0.2) is 4.98 Å². The highest BCUT2D eigenvalue weighted by atomic mass is 14.7. The van der Waals surface area contributed by atoms with E-state index in [1.165, 1.54) is 17.4 Å². The summed E-state index contributed by atoms with van der Waals surface area (Å²) in [7, 11) is 0. The zero-order valence-electron chi connectivity index (χ0n) is 9.43. The van der Waals surface area contributed by atoms with Crippen LogP contribution >= 0.6 is 0 Å². The molecule has 2 aromatic rings. The first-order valence-corrected chi connectivity index (χ1v) is 5.86. The molecule has 2 N–H and O–H groups in total. The minimum atomic E-state index is 0.182. The normalized spacial score (nSPS) is 25.6. The second-order valence-electron chi connectivity index (χ2n) is 4.86. The zero-order chi connectivity index (χ0) is 11.1. The first kappa shape index (κ1) is 9.79. The smallest absolute Gasteiger partial charge is 0.0705 e. The Hall–Kier alpha value is -1.41. The third-order valence-electron chi connectivity index (χ3n) is 3.65. The summed E-state index contributed by atoms with van der Waals surface area (Å²) < 4.78 is 0. The molecule has 1 aromatic carbocycles. The Balaban J connectivity index is 1.98. The van der Waals surface area contributed by atoms with Gasteiger partial charge in [0.05, 0.1) is 5.52 Å². The van der Waals surface area contributed by atoms with Crippen molar-refractivity contribution in [2.45, 2.75) is 19.4 Å². The maximum atomic E-state index is 6.25. The van der Waals surface area contributed by atoms with E-state index in [1.54, 1.807) is 0 Å². The first-order valence-electron chi connectivity index (χ1n) is 5.86. The molecular weight excluding hydrogens is 196 g/mol. The lowest BCUT2D eigenvalue weighted by Crippen LogP contribution is -2.13. The average molecular weight is 212 g/mol. The Morgan fingerprint density at radius 3 is 2.94 bits per heavy atom. The van der Waals surface area contributed by atoms with E-state index in [2.05, 4.69) is 36.2 Å². The summed E-state index contributed by atoms with van der Waals surface area (Å²) in [5.41, 5.74) is 8.52. The molecule has 2 nitrogen and oxygen atoms in total. The quantitative estimate of drug-likeness (QED) is 0.831. The van der Waals surface area contributed by atoms with E-state index in [0.29, 0.717) is 5.92 Å². The number of nitrogens with zero attached hydrogens (tertiary/aromatic N) is 1. The highest BCUT2D eigenvalue weighted by Gasteiger charge is 2.38. The van der Waals surface area contributed by atoms with E-state index in [0.717, 1.165) is 11.4 Å². The van der Waals surface area contributed by atoms with E-state index >= 15 is 0 Å². The van der Waals surface area contributed by atoms with Crippen LogP contribution < -0.4 is 5.73 Å². The van der Waals surface area contributed by atoms with Crippen LogP contribution in [0.1, 0.15) is 24.9 Å². The standard InChI is InChI=1S/C14H16N2/c1-9-7-12(9)14(15)11-5-4-10-3-2-6-16-13(10)8-11/h2-6,8-9,12,14H,7,15H2,1H3. The molecule has 2 heteroatoms. The summed E-state index contributed by atoms with van der Waals surface area (Å²) in [6.45, 7) is 2.27. The number of aromatic nitrogens is 1. The lowest BCUT2D eigenvalue weighted by Gasteiger charge is -2.11. The summed E-state index contributed by atoms with van der Waals surface area (Å²) in [5.74, 6) is 1.45. The van der Waals surface area contributed by atoms with Crippen LogP contribution in [0.3, 0.4) is 0 Å². The largest absolute Gasteiger partial charge is 0.324 e. The van der Waals surface area contributed by atoms with Crippen LogP contribution in [-0.2, 0) is 0 Å². The molecule has 0 saturated heterocycles. The first-order chi connectivity index (χ1) is 7.75. The van der Waals surface area contributed by atoms with Crippen molar-refractivity contribution in [2.24, 2.45) is 17.6 Å². The predicted octanol–water partition coefficient (Wildman–Crippen LogP) is 2.89. The zero-order valence-corrected chi connectivity index (χ0v) is 9.43. The van der Waals surface area contributed by atoms with Crippen LogP contribution in [0.2, 0.25) is 0 Å². The van der Waals surface area contributed by atoms with Gasteiger partial charge in [-0.25, -0.2) is 0 Å². The average Bonchev–Trinajstić information content (AvgIpc) is 3.05. The van der Waals surface area contributed by atoms with E-state index in [1.807, 2.05) is 12.3 Å². The summed E-state index contributed by atoms with van der Waals surface area (Å²) in [4.78, 5) is 4.37. The van der Waals surface area contributed by atoms with Crippen molar-refractivity contribution in [3.8, 4) is 0 Å². The van der Waals surface area contributed by atoms with Crippen LogP contribution in [0, 0.1) is 11.8 Å². The lowest BCUT2D eigenvalue weighted by molar-refractivity contribution is 0.594. The number of hydrogen-bond donors (Lipinski definition) is 1. The fourth-order valence-corrected chi connectivity index (χ4v) is 2.39. The molecule has 1 aromatic heterocycles. The van der Waals surface area contributed by atoms with E-state index in [9.17, 15) is 0 Å². The monoisotopic (exact) mass is 212 g/mol. The topological polar surface area (TPSA) is 38.9 Å². The maximum Gasteiger partial charge on any atom is 0.0705 e. The summed E-state index contributed by atoms with van der Waals surface area (Å²) in [6, 6.07) is 10.6. The molecule has 82 valence electrons. The van der Waals surface area contributed by atoms with Crippen LogP contribution in [0.4, 0.5) is 0 Å². The predicted molar refractivity (Wildman–Crippen MR) is 65.9 cm³/mol. The number of fused-ring (bicyclic) bond motifs is 1. The van der Waals surface area contributed by atoms with E-state index in [-0.39, 0.29) is 6.04 Å². The number of nitrogens with two attached hydrogens (primary N) is 1. The molecule has 3 rings (SSSR count).